The number of aromatic amines is 2. The minimum Gasteiger partial charge on any atom is -0.453 e. The highest BCUT2D eigenvalue weighted by atomic mass is 19.4. The Morgan fingerprint density at radius 3 is 2.11 bits per heavy atom. The van der Waals surface area contributed by atoms with Crippen molar-refractivity contribution in [3.05, 3.63) is 71.2 Å². The molecule has 324 valence electrons. The molecular weight excluding hydrogens is 798 g/mol. The molecule has 4 N–H and O–H groups in total. The van der Waals surface area contributed by atoms with E-state index in [2.05, 4.69) is 42.4 Å². The molecule has 18 heteroatoms. The number of aromatic nitrogens is 4. The lowest BCUT2D eigenvalue weighted by molar-refractivity contribution is -0.141. The number of alkyl halides is 3. The van der Waals surface area contributed by atoms with Gasteiger partial charge in [0.05, 0.1) is 44.3 Å². The normalized spacial score (nSPS) is 19.6. The summed E-state index contributed by atoms with van der Waals surface area (Å²) in [4.78, 5) is 69.7. The molecule has 1 aliphatic carbocycles. The smallest absolute Gasteiger partial charge is 0.436 e. The maximum atomic E-state index is 14.4. The number of carbonyl (C=O) groups is 4. The van der Waals surface area contributed by atoms with Gasteiger partial charge in [-0.15, -0.1) is 0 Å². The second-order valence-electron chi connectivity index (χ2n) is 15.6. The number of ether oxygens (including phenoxy) is 3. The summed E-state index contributed by atoms with van der Waals surface area (Å²) in [5.41, 5.74) is 0.465. The van der Waals surface area contributed by atoms with E-state index in [9.17, 15) is 32.3 Å². The molecule has 15 nitrogen and oxygen atoms in total. The second-order valence-corrected chi connectivity index (χ2v) is 15.6. The van der Waals surface area contributed by atoms with Crippen molar-refractivity contribution in [2.24, 2.45) is 5.92 Å². The number of halogens is 3. The van der Waals surface area contributed by atoms with Gasteiger partial charge in [-0.2, -0.15) is 13.2 Å². The maximum absolute atomic E-state index is 14.4. The van der Waals surface area contributed by atoms with E-state index in [1.165, 1.54) is 26.2 Å². The van der Waals surface area contributed by atoms with Crippen molar-refractivity contribution in [2.45, 2.75) is 94.7 Å². The molecule has 3 fully saturated rings. The van der Waals surface area contributed by atoms with E-state index in [4.69, 9.17) is 14.2 Å². The van der Waals surface area contributed by atoms with E-state index in [0.717, 1.165) is 54.1 Å². The number of likely N-dealkylation sites (tertiary alicyclic amines) is 2. The van der Waals surface area contributed by atoms with Crippen LogP contribution in [0.3, 0.4) is 0 Å². The molecule has 2 saturated heterocycles. The highest BCUT2D eigenvalue weighted by Crippen LogP contribution is 2.38. The third kappa shape index (κ3) is 9.31. The Balaban J connectivity index is 1.08. The minimum absolute atomic E-state index is 0.00795. The molecule has 0 unspecified atom stereocenters. The van der Waals surface area contributed by atoms with Crippen molar-refractivity contribution < 1.29 is 46.6 Å². The first-order chi connectivity index (χ1) is 29.3. The molecule has 1 saturated carbocycles. The van der Waals surface area contributed by atoms with Gasteiger partial charge in [-0.25, -0.2) is 19.6 Å². The number of amides is 4. The molecule has 2 aromatic carbocycles. The number of nitrogens with one attached hydrogen (secondary N) is 4. The van der Waals surface area contributed by atoms with Gasteiger partial charge < -0.3 is 44.6 Å². The van der Waals surface area contributed by atoms with Crippen molar-refractivity contribution in [2.75, 3.05) is 34.4 Å². The molecule has 3 aliphatic rings. The number of imidazole rings is 2. The van der Waals surface area contributed by atoms with Crippen LogP contribution >= 0.6 is 0 Å². The molecule has 7 rings (SSSR count). The zero-order valence-electron chi connectivity index (χ0n) is 34.4. The molecule has 4 aromatic rings. The Hall–Kier alpha value is -6.09. The number of hydrogen-bond donors (Lipinski definition) is 4. The second kappa shape index (κ2) is 18.3. The summed E-state index contributed by atoms with van der Waals surface area (Å²) < 4.78 is 58.0. The monoisotopic (exact) mass is 846 g/mol. The van der Waals surface area contributed by atoms with E-state index in [0.29, 0.717) is 43.7 Å². The molecule has 2 aromatic heterocycles. The van der Waals surface area contributed by atoms with Crippen molar-refractivity contribution in [3.63, 3.8) is 0 Å². The zero-order valence-corrected chi connectivity index (χ0v) is 34.4. The van der Waals surface area contributed by atoms with Crippen LogP contribution in [-0.4, -0.2) is 106 Å². The average molecular weight is 847 g/mol. The van der Waals surface area contributed by atoms with Crippen LogP contribution in [0.1, 0.15) is 99.0 Å². The maximum Gasteiger partial charge on any atom is 0.436 e. The fraction of sp³-hybridized carbons (Fsp3) is 0.488. The summed E-state index contributed by atoms with van der Waals surface area (Å²) in [5, 5.41) is 6.91. The Bertz CT molecular complexity index is 2330. The van der Waals surface area contributed by atoms with Gasteiger partial charge in [-0.1, -0.05) is 37.0 Å². The van der Waals surface area contributed by atoms with E-state index >= 15 is 0 Å². The zero-order chi connectivity index (χ0) is 43.4. The predicted octanol–water partition coefficient (Wildman–Crippen LogP) is 6.37. The lowest BCUT2D eigenvalue weighted by Crippen LogP contribution is -2.54. The van der Waals surface area contributed by atoms with Crippen LogP contribution < -0.4 is 10.6 Å². The molecule has 0 spiro atoms. The lowest BCUT2D eigenvalue weighted by Gasteiger charge is -2.31. The van der Waals surface area contributed by atoms with E-state index in [1.807, 2.05) is 24.3 Å². The van der Waals surface area contributed by atoms with Crippen molar-refractivity contribution in [1.29, 1.82) is 0 Å². The Morgan fingerprint density at radius 1 is 0.803 bits per heavy atom. The molecule has 0 bridgehead atoms. The van der Waals surface area contributed by atoms with Gasteiger partial charge in [0, 0.05) is 31.3 Å². The van der Waals surface area contributed by atoms with Crippen molar-refractivity contribution in [1.82, 2.24) is 40.4 Å². The Kier molecular flexibility index (Phi) is 12.9. The number of benzene rings is 2. The number of alkyl carbamates (subject to hydrolysis) is 2. The van der Waals surface area contributed by atoms with Crippen LogP contribution in [0.15, 0.2) is 42.6 Å². The van der Waals surface area contributed by atoms with Crippen molar-refractivity contribution in [3.8, 4) is 23.1 Å². The van der Waals surface area contributed by atoms with Gasteiger partial charge in [0.2, 0.25) is 11.8 Å². The van der Waals surface area contributed by atoms with Gasteiger partial charge in [-0.3, -0.25) is 9.59 Å². The number of methoxy groups -OCH3 is 3. The first-order valence-corrected chi connectivity index (χ1v) is 20.4. The summed E-state index contributed by atoms with van der Waals surface area (Å²) >= 11 is 0. The number of hydrogen-bond acceptors (Lipinski definition) is 9. The third-order valence-corrected chi connectivity index (χ3v) is 11.9. The number of fused-ring (bicyclic) bond motifs is 1. The highest BCUT2D eigenvalue weighted by Gasteiger charge is 2.43. The Morgan fingerprint density at radius 2 is 1.44 bits per heavy atom. The summed E-state index contributed by atoms with van der Waals surface area (Å²) in [7, 11) is 3.90. The first-order valence-electron chi connectivity index (χ1n) is 20.4. The van der Waals surface area contributed by atoms with Crippen LogP contribution in [0.2, 0.25) is 0 Å². The number of carbonyl (C=O) groups excluding carboxylic acids is 4. The topological polar surface area (TPSA) is 184 Å². The van der Waals surface area contributed by atoms with Crippen molar-refractivity contribution >= 4 is 34.8 Å². The van der Waals surface area contributed by atoms with Gasteiger partial charge in [0.15, 0.2) is 5.69 Å². The van der Waals surface area contributed by atoms with Gasteiger partial charge in [0.1, 0.15) is 29.4 Å². The fourth-order valence-corrected chi connectivity index (χ4v) is 8.67. The quantitative estimate of drug-likeness (QED) is 0.132. The summed E-state index contributed by atoms with van der Waals surface area (Å²) in [5.74, 6) is 5.34. The molecule has 5 atom stereocenters. The van der Waals surface area contributed by atoms with E-state index in [1.54, 1.807) is 30.2 Å². The summed E-state index contributed by atoms with van der Waals surface area (Å²) in [6, 6.07) is 8.16. The van der Waals surface area contributed by atoms with E-state index in [-0.39, 0.29) is 29.6 Å². The molecule has 4 heterocycles. The average Bonchev–Trinajstić information content (AvgIpc) is 4.12. The minimum atomic E-state index is -4.81. The Labute approximate surface area is 350 Å². The molecule has 2 aliphatic heterocycles. The molecule has 4 amide bonds. The highest BCUT2D eigenvalue weighted by molar-refractivity contribution is 5.89. The molecule has 0 radical (unpaired) electrons. The van der Waals surface area contributed by atoms with Gasteiger partial charge in [0.25, 0.3) is 0 Å². The van der Waals surface area contributed by atoms with Crippen LogP contribution in [0, 0.1) is 17.8 Å². The van der Waals surface area contributed by atoms with Crippen LogP contribution in [0.5, 0.6) is 0 Å². The first kappa shape index (κ1) is 43.0. The SMILES string of the molecule is COC(=O)N[C@H](C(=O)N1CCC[C@H]1c1nc(C(F)(F)F)c(C#Cc2ccc3cc(-c4cnc([C@@H]5CCCN5C(=O)[C@@H](NC(=O)OC)[C@@H](C)OC)[nH]4)ccc3c2)[nH]1)C1CCCC1. The number of H-pyrrole nitrogens is 2. The molecular formula is C43H49F3N8O7. The summed E-state index contributed by atoms with van der Waals surface area (Å²) in [6.45, 7) is 2.49. The number of rotatable bonds is 10. The largest absolute Gasteiger partial charge is 0.453 e. The number of nitrogens with zero attached hydrogens (tertiary/aromatic N) is 4. The van der Waals surface area contributed by atoms with E-state index < -0.39 is 54.0 Å². The van der Waals surface area contributed by atoms with Crippen LogP contribution in [0.25, 0.3) is 22.0 Å². The van der Waals surface area contributed by atoms with Crippen LogP contribution in [-0.2, 0) is 30.0 Å². The fourth-order valence-electron chi connectivity index (χ4n) is 8.67. The summed E-state index contributed by atoms with van der Waals surface area (Å²) in [6.07, 6.45) is 0.523. The van der Waals surface area contributed by atoms with Gasteiger partial charge in [-0.05, 0) is 86.3 Å². The lowest BCUT2D eigenvalue weighted by atomic mass is 9.96. The molecule has 61 heavy (non-hydrogen) atoms. The van der Waals surface area contributed by atoms with Crippen LogP contribution in [0.4, 0.5) is 22.8 Å². The predicted molar refractivity (Wildman–Crippen MR) is 216 cm³/mol. The standard InChI is InChI=1S/C43H49F3N8O7/c1-24(59-2)34(50-41(57)60-3)39(55)53-19-7-11-32(53)37-47-23-31(49-37)29-17-16-27-21-25(13-15-28(27)22-29)14-18-30-36(43(44,45)46)52-38(48-30)33-12-8-20-54(33)40(56)35(51-42(58)61-4)26-9-5-6-10-26/h13,15-17,21-24,26,32-35H,5-12,19-20H2,1-4H3,(H,47,49)(H,48,52)(H,50,57)(H,51,58)/t24-,32+,33+,34+,35+/m1/s1. The third-order valence-electron chi connectivity index (χ3n) is 11.9. The van der Waals surface area contributed by atoms with Gasteiger partial charge >= 0.3 is 18.4 Å².